The summed E-state index contributed by atoms with van der Waals surface area (Å²) >= 11 is 0. The van der Waals surface area contributed by atoms with E-state index in [2.05, 4.69) is 20.4 Å². The molecule has 1 N–H and O–H groups in total. The van der Waals surface area contributed by atoms with E-state index in [1.165, 1.54) is 12.1 Å². The molecule has 0 radical (unpaired) electrons. The Labute approximate surface area is 161 Å². The Hall–Kier alpha value is -3.29. The van der Waals surface area contributed by atoms with Crippen molar-refractivity contribution in [3.63, 3.8) is 0 Å². The Morgan fingerprint density at radius 3 is 2.75 bits per heavy atom. The molecule has 2 amide bonds. The van der Waals surface area contributed by atoms with Crippen molar-refractivity contribution >= 4 is 6.03 Å². The zero-order valence-corrected chi connectivity index (χ0v) is 15.2. The third kappa shape index (κ3) is 4.00. The van der Waals surface area contributed by atoms with Gasteiger partial charge in [0.05, 0.1) is 0 Å². The molecule has 144 valence electrons. The van der Waals surface area contributed by atoms with Gasteiger partial charge in [-0.3, -0.25) is 4.98 Å². The monoisotopic (exact) mass is 381 g/mol. The number of piperidine rings is 1. The normalized spacial score (nSPS) is 16.8. The fourth-order valence-corrected chi connectivity index (χ4v) is 3.30. The van der Waals surface area contributed by atoms with Crippen LogP contribution < -0.4 is 5.32 Å². The predicted molar refractivity (Wildman–Crippen MR) is 99.5 cm³/mol. The first-order valence-electron chi connectivity index (χ1n) is 9.23. The smallest absolute Gasteiger partial charge is 0.318 e. The molecule has 1 fully saturated rings. The topological polar surface area (TPSA) is 84.2 Å². The lowest BCUT2D eigenvalue weighted by Gasteiger charge is -2.33. The number of urea groups is 1. The van der Waals surface area contributed by atoms with E-state index in [4.69, 9.17) is 4.52 Å². The molecule has 3 heterocycles. The lowest BCUT2D eigenvalue weighted by atomic mass is 10.0. The van der Waals surface area contributed by atoms with Crippen molar-refractivity contribution in [1.29, 1.82) is 0 Å². The number of aromatic nitrogens is 3. The minimum Gasteiger partial charge on any atom is -0.337 e. The maximum atomic E-state index is 13.0. The number of hydrogen-bond acceptors (Lipinski definition) is 5. The van der Waals surface area contributed by atoms with Gasteiger partial charge in [0.2, 0.25) is 11.7 Å². The van der Waals surface area contributed by atoms with Crippen LogP contribution in [0.2, 0.25) is 0 Å². The summed E-state index contributed by atoms with van der Waals surface area (Å²) in [5.41, 5.74) is 1.65. The number of halogens is 1. The van der Waals surface area contributed by atoms with Crippen LogP contribution >= 0.6 is 0 Å². The van der Waals surface area contributed by atoms with E-state index in [0.717, 1.165) is 30.4 Å². The first kappa shape index (κ1) is 18.1. The molecule has 2 aromatic heterocycles. The van der Waals surface area contributed by atoms with Gasteiger partial charge >= 0.3 is 6.03 Å². The highest BCUT2D eigenvalue weighted by Gasteiger charge is 2.32. The Kier molecular flexibility index (Phi) is 5.27. The van der Waals surface area contributed by atoms with E-state index in [0.29, 0.717) is 24.8 Å². The van der Waals surface area contributed by atoms with Crippen LogP contribution in [0.1, 0.15) is 36.8 Å². The number of carbonyl (C=O) groups excluding carboxylic acids is 1. The van der Waals surface area contributed by atoms with Gasteiger partial charge in [0, 0.05) is 31.0 Å². The van der Waals surface area contributed by atoms with E-state index in [-0.39, 0.29) is 17.9 Å². The largest absolute Gasteiger partial charge is 0.337 e. The Bertz CT molecular complexity index is 929. The second kappa shape index (κ2) is 8.16. The van der Waals surface area contributed by atoms with Crippen LogP contribution in [0.5, 0.6) is 0 Å². The Morgan fingerprint density at radius 1 is 1.18 bits per heavy atom. The minimum absolute atomic E-state index is 0.197. The van der Waals surface area contributed by atoms with Crippen LogP contribution in [0.15, 0.2) is 53.3 Å². The maximum absolute atomic E-state index is 13.0. The van der Waals surface area contributed by atoms with Crippen molar-refractivity contribution in [2.75, 3.05) is 6.54 Å². The fraction of sp³-hybridized carbons (Fsp3) is 0.300. The Balaban J connectivity index is 1.46. The summed E-state index contributed by atoms with van der Waals surface area (Å²) in [6.07, 6.45) is 6.01. The van der Waals surface area contributed by atoms with Crippen molar-refractivity contribution in [3.8, 4) is 11.4 Å². The summed E-state index contributed by atoms with van der Waals surface area (Å²) in [5.74, 6) is 0.616. The third-order valence-corrected chi connectivity index (χ3v) is 4.79. The first-order chi connectivity index (χ1) is 13.7. The number of benzene rings is 1. The van der Waals surface area contributed by atoms with Crippen LogP contribution in [-0.2, 0) is 6.54 Å². The number of pyridine rings is 1. The van der Waals surface area contributed by atoms with Gasteiger partial charge in [-0.05, 0) is 49.1 Å². The lowest BCUT2D eigenvalue weighted by Crippen LogP contribution is -2.44. The van der Waals surface area contributed by atoms with E-state index < -0.39 is 0 Å². The molecule has 1 unspecified atom stereocenters. The molecule has 8 heteroatoms. The fourth-order valence-electron chi connectivity index (χ4n) is 3.30. The highest BCUT2D eigenvalue weighted by atomic mass is 19.1. The molecule has 3 aromatic rings. The zero-order valence-electron chi connectivity index (χ0n) is 15.2. The molecule has 28 heavy (non-hydrogen) atoms. The molecule has 1 aliphatic rings. The minimum atomic E-state index is -0.299. The van der Waals surface area contributed by atoms with E-state index in [9.17, 15) is 9.18 Å². The maximum Gasteiger partial charge on any atom is 0.318 e. The van der Waals surface area contributed by atoms with E-state index >= 15 is 0 Å². The summed E-state index contributed by atoms with van der Waals surface area (Å²) in [4.78, 5) is 23.0. The summed E-state index contributed by atoms with van der Waals surface area (Å²) in [6, 6.07) is 9.23. The third-order valence-electron chi connectivity index (χ3n) is 4.79. The number of amides is 2. The molecule has 7 nitrogen and oxygen atoms in total. The van der Waals surface area contributed by atoms with Crippen molar-refractivity contribution in [2.24, 2.45) is 0 Å². The van der Waals surface area contributed by atoms with Crippen molar-refractivity contribution in [2.45, 2.75) is 31.8 Å². The number of likely N-dealkylation sites (tertiary alicyclic amines) is 1. The molecular formula is C20H20FN5O2. The predicted octanol–water partition coefficient (Wildman–Crippen LogP) is 3.71. The van der Waals surface area contributed by atoms with Crippen LogP contribution in [0.3, 0.4) is 0 Å². The molecule has 1 saturated heterocycles. The Morgan fingerprint density at radius 2 is 1.96 bits per heavy atom. The zero-order chi connectivity index (χ0) is 19.3. The molecule has 0 aliphatic carbocycles. The van der Waals surface area contributed by atoms with Gasteiger partial charge < -0.3 is 14.7 Å². The van der Waals surface area contributed by atoms with Crippen molar-refractivity contribution in [3.05, 3.63) is 66.1 Å². The quantitative estimate of drug-likeness (QED) is 0.745. The van der Waals surface area contributed by atoms with Crippen molar-refractivity contribution < 1.29 is 13.7 Å². The molecule has 1 atom stereocenters. The summed E-state index contributed by atoms with van der Waals surface area (Å²) in [6.45, 7) is 0.946. The first-order valence-corrected chi connectivity index (χ1v) is 9.23. The number of rotatable bonds is 4. The van der Waals surface area contributed by atoms with Gasteiger partial charge in [-0.25, -0.2) is 9.18 Å². The highest BCUT2D eigenvalue weighted by Crippen LogP contribution is 2.31. The van der Waals surface area contributed by atoms with Crippen LogP contribution in [0.25, 0.3) is 11.4 Å². The number of hydrogen-bond donors (Lipinski definition) is 1. The standard InChI is InChI=1S/C20H20FN5O2/c21-16-6-4-14(5-7-16)13-23-20(27)26-12-2-1-3-17(26)19-24-18(25-28-19)15-8-10-22-11-9-15/h4-11,17H,1-3,12-13H2,(H,23,27). The van der Waals surface area contributed by atoms with Crippen molar-refractivity contribution in [1.82, 2.24) is 25.3 Å². The number of carbonyl (C=O) groups is 1. The average Bonchev–Trinajstić information content (AvgIpc) is 3.24. The van der Waals surface area contributed by atoms with Gasteiger partial charge in [0.25, 0.3) is 0 Å². The lowest BCUT2D eigenvalue weighted by molar-refractivity contribution is 0.131. The van der Waals surface area contributed by atoms with Crippen LogP contribution in [-0.4, -0.2) is 32.6 Å². The molecule has 0 spiro atoms. The molecular weight excluding hydrogens is 361 g/mol. The second-order valence-corrected chi connectivity index (χ2v) is 6.68. The van der Waals surface area contributed by atoms with Gasteiger partial charge in [-0.15, -0.1) is 0 Å². The summed E-state index contributed by atoms with van der Waals surface area (Å²) in [7, 11) is 0. The van der Waals surface area contributed by atoms with E-state index in [1.54, 1.807) is 29.4 Å². The average molecular weight is 381 g/mol. The summed E-state index contributed by atoms with van der Waals surface area (Å²) in [5, 5.41) is 6.94. The second-order valence-electron chi connectivity index (χ2n) is 6.68. The molecule has 1 aliphatic heterocycles. The van der Waals surface area contributed by atoms with Gasteiger partial charge in [-0.1, -0.05) is 17.3 Å². The van der Waals surface area contributed by atoms with E-state index in [1.807, 2.05) is 12.1 Å². The number of nitrogens with zero attached hydrogens (tertiary/aromatic N) is 4. The number of nitrogens with one attached hydrogen (secondary N) is 1. The van der Waals surface area contributed by atoms with Crippen LogP contribution in [0.4, 0.5) is 9.18 Å². The van der Waals surface area contributed by atoms with Gasteiger partial charge in [-0.2, -0.15) is 4.98 Å². The SMILES string of the molecule is O=C(NCc1ccc(F)cc1)N1CCCCC1c1nc(-c2ccncc2)no1. The molecule has 0 bridgehead atoms. The molecule has 0 saturated carbocycles. The highest BCUT2D eigenvalue weighted by molar-refractivity contribution is 5.74. The van der Waals surface area contributed by atoms with Crippen LogP contribution in [0, 0.1) is 5.82 Å². The summed E-state index contributed by atoms with van der Waals surface area (Å²) < 4.78 is 18.5. The van der Waals surface area contributed by atoms with Gasteiger partial charge in [0.1, 0.15) is 11.9 Å². The molecule has 1 aromatic carbocycles. The molecule has 4 rings (SSSR count). The van der Waals surface area contributed by atoms with Gasteiger partial charge in [0.15, 0.2) is 0 Å².